The fourth-order valence-corrected chi connectivity index (χ4v) is 0.868. The van der Waals surface area contributed by atoms with Gasteiger partial charge in [0.05, 0.1) is 5.70 Å². The SMILES string of the molecule is CC/C=C(\C=C(\C)N=N)CC. The lowest BCUT2D eigenvalue weighted by atomic mass is 10.1. The van der Waals surface area contributed by atoms with E-state index in [2.05, 4.69) is 25.0 Å². The molecule has 2 heteroatoms. The lowest BCUT2D eigenvalue weighted by Crippen LogP contribution is -1.76. The zero-order valence-electron chi connectivity index (χ0n) is 7.52. The van der Waals surface area contributed by atoms with Crippen LogP contribution in [0.15, 0.2) is 28.5 Å². The van der Waals surface area contributed by atoms with Crippen molar-refractivity contribution in [2.75, 3.05) is 0 Å². The summed E-state index contributed by atoms with van der Waals surface area (Å²) in [5.41, 5.74) is 8.77. The van der Waals surface area contributed by atoms with E-state index in [1.54, 1.807) is 0 Å². The molecule has 2 nitrogen and oxygen atoms in total. The van der Waals surface area contributed by atoms with Gasteiger partial charge in [0.25, 0.3) is 0 Å². The maximum atomic E-state index is 6.74. The predicted octanol–water partition coefficient (Wildman–Crippen LogP) is 3.67. The van der Waals surface area contributed by atoms with Crippen molar-refractivity contribution in [3.63, 3.8) is 0 Å². The van der Waals surface area contributed by atoms with Gasteiger partial charge in [-0.25, -0.2) is 5.53 Å². The molecule has 0 aliphatic rings. The van der Waals surface area contributed by atoms with Crippen molar-refractivity contribution in [3.8, 4) is 0 Å². The van der Waals surface area contributed by atoms with Gasteiger partial charge < -0.3 is 0 Å². The summed E-state index contributed by atoms with van der Waals surface area (Å²) in [6, 6.07) is 0. The Morgan fingerprint density at radius 2 is 2.09 bits per heavy atom. The van der Waals surface area contributed by atoms with Crippen LogP contribution in [0.5, 0.6) is 0 Å². The Morgan fingerprint density at radius 1 is 1.45 bits per heavy atom. The molecule has 0 radical (unpaired) electrons. The molecular weight excluding hydrogens is 136 g/mol. The molecule has 62 valence electrons. The lowest BCUT2D eigenvalue weighted by Gasteiger charge is -1.95. The van der Waals surface area contributed by atoms with Gasteiger partial charge in [-0.2, -0.15) is 5.11 Å². The van der Waals surface area contributed by atoms with Crippen molar-refractivity contribution in [1.29, 1.82) is 5.53 Å². The van der Waals surface area contributed by atoms with Crippen LogP contribution in [0.4, 0.5) is 0 Å². The molecule has 0 saturated carbocycles. The molecule has 0 unspecified atom stereocenters. The van der Waals surface area contributed by atoms with Crippen LogP contribution in [0.1, 0.15) is 33.6 Å². The number of hydrogen-bond acceptors (Lipinski definition) is 2. The molecule has 0 spiro atoms. The number of nitrogens with zero attached hydrogens (tertiary/aromatic N) is 1. The van der Waals surface area contributed by atoms with Crippen LogP contribution >= 0.6 is 0 Å². The number of hydrogen-bond donors (Lipinski definition) is 1. The van der Waals surface area contributed by atoms with Gasteiger partial charge in [-0.1, -0.05) is 25.5 Å². The molecular formula is C9H16N2. The van der Waals surface area contributed by atoms with Crippen molar-refractivity contribution < 1.29 is 0 Å². The van der Waals surface area contributed by atoms with E-state index < -0.39 is 0 Å². The molecule has 0 heterocycles. The normalized spacial score (nSPS) is 13.4. The first-order valence-electron chi connectivity index (χ1n) is 3.99. The quantitative estimate of drug-likeness (QED) is 0.471. The van der Waals surface area contributed by atoms with Crippen molar-refractivity contribution in [2.45, 2.75) is 33.6 Å². The molecule has 0 bridgehead atoms. The summed E-state index contributed by atoms with van der Waals surface area (Å²) in [4.78, 5) is 0. The molecule has 0 aromatic heterocycles. The molecule has 0 aromatic carbocycles. The van der Waals surface area contributed by atoms with Gasteiger partial charge >= 0.3 is 0 Å². The second kappa shape index (κ2) is 5.83. The highest BCUT2D eigenvalue weighted by Crippen LogP contribution is 2.07. The van der Waals surface area contributed by atoms with Gasteiger partial charge in [0.1, 0.15) is 0 Å². The van der Waals surface area contributed by atoms with E-state index in [0.717, 1.165) is 18.5 Å². The Balaban J connectivity index is 4.28. The van der Waals surface area contributed by atoms with Crippen LogP contribution in [0.2, 0.25) is 0 Å². The van der Waals surface area contributed by atoms with E-state index in [4.69, 9.17) is 5.53 Å². The molecule has 0 saturated heterocycles. The largest absolute Gasteiger partial charge is 0.205 e. The zero-order valence-corrected chi connectivity index (χ0v) is 7.52. The standard InChI is InChI=1S/C9H16N2/c1-4-6-9(5-2)7-8(3)11-10/h6-7,10H,4-5H2,1-3H3/b8-7-,9-6-,11-10?. The predicted molar refractivity (Wildman–Crippen MR) is 47.6 cm³/mol. The Morgan fingerprint density at radius 3 is 2.45 bits per heavy atom. The monoisotopic (exact) mass is 152 g/mol. The molecule has 0 aliphatic heterocycles. The molecule has 0 fully saturated rings. The summed E-state index contributed by atoms with van der Waals surface area (Å²) in [6.45, 7) is 6.05. The van der Waals surface area contributed by atoms with Gasteiger partial charge in [0.2, 0.25) is 0 Å². The molecule has 0 rings (SSSR count). The average molecular weight is 152 g/mol. The average Bonchev–Trinajstić information content (AvgIpc) is 2.03. The summed E-state index contributed by atoms with van der Waals surface area (Å²) < 4.78 is 0. The molecule has 11 heavy (non-hydrogen) atoms. The fourth-order valence-electron chi connectivity index (χ4n) is 0.868. The highest BCUT2D eigenvalue weighted by Gasteiger charge is 1.88. The Hall–Kier alpha value is -0.920. The third-order valence-electron chi connectivity index (χ3n) is 1.45. The lowest BCUT2D eigenvalue weighted by molar-refractivity contribution is 1.03. The summed E-state index contributed by atoms with van der Waals surface area (Å²) in [5.74, 6) is 0. The third-order valence-corrected chi connectivity index (χ3v) is 1.45. The summed E-state index contributed by atoms with van der Waals surface area (Å²) in [5, 5.41) is 3.33. The number of nitrogens with one attached hydrogen (secondary N) is 1. The summed E-state index contributed by atoms with van der Waals surface area (Å²) in [7, 11) is 0. The molecule has 0 aromatic rings. The topological polar surface area (TPSA) is 36.2 Å². The fraction of sp³-hybridized carbons (Fsp3) is 0.556. The van der Waals surface area contributed by atoms with Gasteiger partial charge in [0, 0.05) is 0 Å². The highest BCUT2D eigenvalue weighted by atomic mass is 15.0. The van der Waals surface area contributed by atoms with Crippen molar-refractivity contribution in [1.82, 2.24) is 0 Å². The second-order valence-electron chi connectivity index (χ2n) is 2.44. The van der Waals surface area contributed by atoms with Crippen LogP contribution < -0.4 is 0 Å². The Labute approximate surface area is 68.5 Å². The van der Waals surface area contributed by atoms with Crippen LogP contribution in [0.25, 0.3) is 0 Å². The Kier molecular flexibility index (Phi) is 5.35. The minimum Gasteiger partial charge on any atom is -0.205 e. The van der Waals surface area contributed by atoms with Gasteiger partial charge in [-0.05, 0) is 25.8 Å². The van der Waals surface area contributed by atoms with Crippen molar-refractivity contribution in [3.05, 3.63) is 23.4 Å². The smallest absolute Gasteiger partial charge is 0.0595 e. The van der Waals surface area contributed by atoms with Crippen LogP contribution in [0.3, 0.4) is 0 Å². The second-order valence-corrected chi connectivity index (χ2v) is 2.44. The summed E-state index contributed by atoms with van der Waals surface area (Å²) >= 11 is 0. The van der Waals surface area contributed by atoms with Crippen LogP contribution in [0, 0.1) is 5.53 Å². The maximum Gasteiger partial charge on any atom is 0.0595 e. The van der Waals surface area contributed by atoms with Gasteiger partial charge in [-0.15, -0.1) is 0 Å². The number of rotatable bonds is 4. The molecule has 0 atom stereocenters. The third kappa shape index (κ3) is 4.48. The minimum absolute atomic E-state index is 0.770. The van der Waals surface area contributed by atoms with Gasteiger partial charge in [-0.3, -0.25) is 0 Å². The highest BCUT2D eigenvalue weighted by molar-refractivity contribution is 5.21. The minimum atomic E-state index is 0.770. The van der Waals surface area contributed by atoms with E-state index in [0.29, 0.717) is 0 Å². The Bertz CT molecular complexity index is 178. The molecule has 1 N–H and O–H groups in total. The maximum absolute atomic E-state index is 6.74. The zero-order chi connectivity index (χ0) is 8.69. The van der Waals surface area contributed by atoms with E-state index in [-0.39, 0.29) is 0 Å². The van der Waals surface area contributed by atoms with Crippen molar-refractivity contribution >= 4 is 0 Å². The van der Waals surface area contributed by atoms with Gasteiger partial charge in [0.15, 0.2) is 0 Å². The first kappa shape index (κ1) is 10.1. The van der Waals surface area contributed by atoms with E-state index in [9.17, 15) is 0 Å². The van der Waals surface area contributed by atoms with E-state index >= 15 is 0 Å². The molecule has 0 aliphatic carbocycles. The number of allylic oxidation sites excluding steroid dienone is 4. The van der Waals surface area contributed by atoms with E-state index in [1.807, 2.05) is 13.0 Å². The van der Waals surface area contributed by atoms with Crippen LogP contribution in [-0.2, 0) is 0 Å². The summed E-state index contributed by atoms with van der Waals surface area (Å²) in [6.07, 6.45) is 6.18. The van der Waals surface area contributed by atoms with Crippen molar-refractivity contribution in [2.24, 2.45) is 5.11 Å². The van der Waals surface area contributed by atoms with E-state index in [1.165, 1.54) is 5.57 Å². The molecule has 0 amide bonds. The first-order valence-corrected chi connectivity index (χ1v) is 3.99. The van der Waals surface area contributed by atoms with Crippen LogP contribution in [-0.4, -0.2) is 0 Å². The first-order chi connectivity index (χ1) is 5.24.